The Kier molecular flexibility index (Phi) is 4.36. The molecule has 2 aromatic rings. The summed E-state index contributed by atoms with van der Waals surface area (Å²) in [6.07, 6.45) is 3.42. The van der Waals surface area contributed by atoms with Crippen LogP contribution < -0.4 is 5.32 Å². The summed E-state index contributed by atoms with van der Waals surface area (Å²) in [5.41, 5.74) is 2.84. The maximum atomic E-state index is 12.3. The van der Waals surface area contributed by atoms with Crippen molar-refractivity contribution in [3.05, 3.63) is 39.3 Å². The smallest absolute Gasteiger partial charge is 0.254 e. The molecule has 21 heavy (non-hydrogen) atoms. The van der Waals surface area contributed by atoms with E-state index in [0.29, 0.717) is 18.7 Å². The summed E-state index contributed by atoms with van der Waals surface area (Å²) in [5.74, 6) is 0.202. The number of ether oxygens (including phenoxy) is 1. The standard InChI is InChI=1S/C15H19N3O2S/c1-10-4-7-21-13(10)2-5-16-15(19)12-8-17-18-14(12)11-3-6-20-9-11/h4,7-8,11H,2-3,5-6,9H2,1H3,(H,16,19)(H,17,18). The molecule has 0 spiro atoms. The van der Waals surface area contributed by atoms with Gasteiger partial charge < -0.3 is 10.1 Å². The summed E-state index contributed by atoms with van der Waals surface area (Å²) >= 11 is 1.74. The number of aromatic amines is 1. The van der Waals surface area contributed by atoms with Gasteiger partial charge in [-0.3, -0.25) is 9.89 Å². The Hall–Kier alpha value is -1.66. The van der Waals surface area contributed by atoms with E-state index < -0.39 is 0 Å². The highest BCUT2D eigenvalue weighted by atomic mass is 32.1. The first-order chi connectivity index (χ1) is 10.3. The molecule has 3 heterocycles. The summed E-state index contributed by atoms with van der Waals surface area (Å²) in [6.45, 7) is 4.16. The van der Waals surface area contributed by atoms with Crippen molar-refractivity contribution >= 4 is 17.2 Å². The third-order valence-electron chi connectivity index (χ3n) is 3.86. The lowest BCUT2D eigenvalue weighted by Crippen LogP contribution is -2.26. The number of nitrogens with one attached hydrogen (secondary N) is 2. The van der Waals surface area contributed by atoms with E-state index in [1.807, 2.05) is 0 Å². The van der Waals surface area contributed by atoms with Crippen LogP contribution in [0.15, 0.2) is 17.6 Å². The van der Waals surface area contributed by atoms with E-state index >= 15 is 0 Å². The molecule has 0 aliphatic carbocycles. The molecule has 1 aliphatic heterocycles. The van der Waals surface area contributed by atoms with Gasteiger partial charge in [-0.25, -0.2) is 0 Å². The number of aromatic nitrogens is 2. The van der Waals surface area contributed by atoms with Gasteiger partial charge in [-0.05, 0) is 36.8 Å². The lowest BCUT2D eigenvalue weighted by molar-refractivity contribution is 0.0952. The molecule has 1 amide bonds. The maximum Gasteiger partial charge on any atom is 0.254 e. The molecule has 5 nitrogen and oxygen atoms in total. The van der Waals surface area contributed by atoms with Gasteiger partial charge in [0.1, 0.15) is 0 Å². The van der Waals surface area contributed by atoms with E-state index in [0.717, 1.165) is 25.1 Å². The second-order valence-electron chi connectivity index (χ2n) is 5.29. The molecule has 0 saturated carbocycles. The molecule has 3 rings (SSSR count). The van der Waals surface area contributed by atoms with E-state index in [1.165, 1.54) is 10.4 Å². The fraction of sp³-hybridized carbons (Fsp3) is 0.467. The predicted octanol–water partition coefficient (Wildman–Crippen LogP) is 2.26. The number of carbonyl (C=O) groups excluding carboxylic acids is 1. The van der Waals surface area contributed by atoms with Crippen LogP contribution in [0.2, 0.25) is 0 Å². The third-order valence-corrected chi connectivity index (χ3v) is 4.94. The quantitative estimate of drug-likeness (QED) is 0.890. The van der Waals surface area contributed by atoms with Crippen molar-refractivity contribution in [1.82, 2.24) is 15.5 Å². The van der Waals surface area contributed by atoms with Gasteiger partial charge in [0.25, 0.3) is 5.91 Å². The fourth-order valence-corrected chi connectivity index (χ4v) is 3.51. The van der Waals surface area contributed by atoms with Crippen LogP contribution >= 0.6 is 11.3 Å². The van der Waals surface area contributed by atoms with Crippen molar-refractivity contribution in [1.29, 1.82) is 0 Å². The molecule has 1 atom stereocenters. The Morgan fingerprint density at radius 1 is 1.62 bits per heavy atom. The van der Waals surface area contributed by atoms with Crippen LogP contribution in [0.4, 0.5) is 0 Å². The minimum atomic E-state index is -0.0557. The topological polar surface area (TPSA) is 67.0 Å². The second-order valence-corrected chi connectivity index (χ2v) is 6.29. The highest BCUT2D eigenvalue weighted by Gasteiger charge is 2.25. The van der Waals surface area contributed by atoms with Crippen LogP contribution in [0.3, 0.4) is 0 Å². The maximum absolute atomic E-state index is 12.3. The summed E-state index contributed by atoms with van der Waals surface area (Å²) in [5, 5.41) is 12.0. The van der Waals surface area contributed by atoms with Crippen LogP contribution in [0.25, 0.3) is 0 Å². The first-order valence-corrected chi connectivity index (χ1v) is 8.06. The second kappa shape index (κ2) is 6.41. The molecular weight excluding hydrogens is 286 g/mol. The molecule has 0 radical (unpaired) electrons. The third kappa shape index (κ3) is 3.16. The van der Waals surface area contributed by atoms with E-state index in [1.54, 1.807) is 17.5 Å². The number of rotatable bonds is 5. The molecule has 6 heteroatoms. The van der Waals surface area contributed by atoms with Crippen LogP contribution in [-0.2, 0) is 11.2 Å². The molecule has 0 bridgehead atoms. The number of hydrogen-bond acceptors (Lipinski definition) is 4. The number of amides is 1. The Labute approximate surface area is 127 Å². The fourth-order valence-electron chi connectivity index (χ4n) is 2.60. The number of nitrogens with zero attached hydrogens (tertiary/aromatic N) is 1. The number of aryl methyl sites for hydroxylation is 1. The average molecular weight is 305 g/mol. The lowest BCUT2D eigenvalue weighted by Gasteiger charge is -2.09. The predicted molar refractivity (Wildman–Crippen MR) is 81.9 cm³/mol. The monoisotopic (exact) mass is 305 g/mol. The lowest BCUT2D eigenvalue weighted by atomic mass is 10.0. The number of H-pyrrole nitrogens is 1. The Bertz CT molecular complexity index is 614. The van der Waals surface area contributed by atoms with E-state index in [4.69, 9.17) is 4.74 Å². The first-order valence-electron chi connectivity index (χ1n) is 7.18. The molecule has 1 saturated heterocycles. The zero-order chi connectivity index (χ0) is 14.7. The minimum Gasteiger partial charge on any atom is -0.381 e. The zero-order valence-electron chi connectivity index (χ0n) is 12.0. The highest BCUT2D eigenvalue weighted by molar-refractivity contribution is 7.10. The van der Waals surface area contributed by atoms with Gasteiger partial charge in [0.05, 0.1) is 24.1 Å². The molecular formula is C15H19N3O2S. The van der Waals surface area contributed by atoms with Gasteiger partial charge in [0, 0.05) is 23.9 Å². The summed E-state index contributed by atoms with van der Waals surface area (Å²) in [6, 6.07) is 2.11. The Balaban J connectivity index is 1.58. The van der Waals surface area contributed by atoms with Crippen molar-refractivity contribution in [3.8, 4) is 0 Å². The first kappa shape index (κ1) is 14.3. The van der Waals surface area contributed by atoms with Gasteiger partial charge in [-0.1, -0.05) is 0 Å². The van der Waals surface area contributed by atoms with Crippen LogP contribution in [-0.4, -0.2) is 35.9 Å². The number of thiophene rings is 1. The molecule has 1 unspecified atom stereocenters. The molecule has 1 aliphatic rings. The zero-order valence-corrected chi connectivity index (χ0v) is 12.8. The molecule has 112 valence electrons. The average Bonchev–Trinajstić information content (AvgIpc) is 3.19. The molecule has 1 fully saturated rings. The minimum absolute atomic E-state index is 0.0557. The largest absolute Gasteiger partial charge is 0.381 e. The van der Waals surface area contributed by atoms with Crippen molar-refractivity contribution in [2.75, 3.05) is 19.8 Å². The van der Waals surface area contributed by atoms with E-state index in [9.17, 15) is 4.79 Å². The SMILES string of the molecule is Cc1ccsc1CCNC(=O)c1cn[nH]c1C1CCOC1. The van der Waals surface area contributed by atoms with Gasteiger partial charge in [-0.15, -0.1) is 11.3 Å². The van der Waals surface area contributed by atoms with E-state index in [2.05, 4.69) is 33.9 Å². The Morgan fingerprint density at radius 2 is 2.52 bits per heavy atom. The van der Waals surface area contributed by atoms with Gasteiger partial charge >= 0.3 is 0 Å². The van der Waals surface area contributed by atoms with Crippen molar-refractivity contribution in [3.63, 3.8) is 0 Å². The summed E-state index contributed by atoms with van der Waals surface area (Å²) in [7, 11) is 0. The van der Waals surface area contributed by atoms with Crippen molar-refractivity contribution in [2.45, 2.75) is 25.7 Å². The molecule has 0 aromatic carbocycles. The van der Waals surface area contributed by atoms with Crippen molar-refractivity contribution < 1.29 is 9.53 Å². The summed E-state index contributed by atoms with van der Waals surface area (Å²) < 4.78 is 5.38. The van der Waals surface area contributed by atoms with Crippen LogP contribution in [0.1, 0.15) is 38.8 Å². The van der Waals surface area contributed by atoms with Gasteiger partial charge in [0.2, 0.25) is 0 Å². The Morgan fingerprint density at radius 3 is 3.24 bits per heavy atom. The van der Waals surface area contributed by atoms with Gasteiger partial charge in [0.15, 0.2) is 0 Å². The number of carbonyl (C=O) groups is 1. The molecule has 2 aromatic heterocycles. The highest BCUT2D eigenvalue weighted by Crippen LogP contribution is 2.26. The van der Waals surface area contributed by atoms with Gasteiger partial charge in [-0.2, -0.15) is 5.10 Å². The molecule has 2 N–H and O–H groups in total. The van der Waals surface area contributed by atoms with Crippen molar-refractivity contribution in [2.24, 2.45) is 0 Å². The summed E-state index contributed by atoms with van der Waals surface area (Å²) in [4.78, 5) is 13.6. The van der Waals surface area contributed by atoms with Crippen LogP contribution in [0, 0.1) is 6.92 Å². The normalized spacial score (nSPS) is 18.0. The van der Waals surface area contributed by atoms with E-state index in [-0.39, 0.29) is 11.8 Å². The van der Waals surface area contributed by atoms with Crippen LogP contribution in [0.5, 0.6) is 0 Å². The number of hydrogen-bond donors (Lipinski definition) is 2.